The van der Waals surface area contributed by atoms with E-state index in [-0.39, 0.29) is 11.4 Å². The van der Waals surface area contributed by atoms with Crippen LogP contribution in [0.3, 0.4) is 0 Å². The predicted octanol–water partition coefficient (Wildman–Crippen LogP) is 5.44. The Hall–Kier alpha value is -3.16. The third-order valence-corrected chi connectivity index (χ3v) is 6.58. The van der Waals surface area contributed by atoms with Crippen LogP contribution in [-0.2, 0) is 6.54 Å². The molecule has 29 heavy (non-hydrogen) atoms. The molecule has 2 aromatic carbocycles. The van der Waals surface area contributed by atoms with Gasteiger partial charge in [-0.1, -0.05) is 30.3 Å². The summed E-state index contributed by atoms with van der Waals surface area (Å²) in [6.45, 7) is 0.343. The fourth-order valence-electron chi connectivity index (χ4n) is 3.10. The molecule has 0 aliphatic rings. The van der Waals surface area contributed by atoms with Crippen LogP contribution in [0.25, 0.3) is 31.2 Å². The van der Waals surface area contributed by atoms with E-state index in [9.17, 15) is 9.18 Å². The molecule has 0 saturated heterocycles. The Kier molecular flexibility index (Phi) is 4.54. The summed E-state index contributed by atoms with van der Waals surface area (Å²) in [5.74, 6) is -0.276. The SMILES string of the molecule is O=c1c2cc(-c3ccccc3)sc2ncn1Cc1csc(-c2ccc(F)cc2)n1. The first-order chi connectivity index (χ1) is 14.2. The van der Waals surface area contributed by atoms with Crippen molar-refractivity contribution in [3.63, 3.8) is 0 Å². The van der Waals surface area contributed by atoms with Crippen LogP contribution in [0.2, 0.25) is 0 Å². The summed E-state index contributed by atoms with van der Waals surface area (Å²) in [5.41, 5.74) is 2.62. The van der Waals surface area contributed by atoms with Crippen molar-refractivity contribution in [1.82, 2.24) is 14.5 Å². The predicted molar refractivity (Wildman–Crippen MR) is 116 cm³/mol. The van der Waals surface area contributed by atoms with Gasteiger partial charge in [0.25, 0.3) is 5.56 Å². The maximum absolute atomic E-state index is 13.1. The normalized spacial score (nSPS) is 11.2. The Balaban J connectivity index is 1.46. The Morgan fingerprint density at radius 3 is 2.59 bits per heavy atom. The third-order valence-electron chi connectivity index (χ3n) is 4.55. The lowest BCUT2D eigenvalue weighted by atomic mass is 10.2. The van der Waals surface area contributed by atoms with Gasteiger partial charge in [-0.3, -0.25) is 9.36 Å². The number of benzene rings is 2. The lowest BCUT2D eigenvalue weighted by Gasteiger charge is -2.02. The van der Waals surface area contributed by atoms with Crippen LogP contribution in [0.1, 0.15) is 5.69 Å². The fraction of sp³-hybridized carbons (Fsp3) is 0.0455. The second kappa shape index (κ2) is 7.35. The van der Waals surface area contributed by atoms with Crippen molar-refractivity contribution >= 4 is 32.9 Å². The lowest BCUT2D eigenvalue weighted by Crippen LogP contribution is -2.20. The van der Waals surface area contributed by atoms with E-state index in [0.29, 0.717) is 11.9 Å². The molecule has 142 valence electrons. The van der Waals surface area contributed by atoms with Gasteiger partial charge >= 0.3 is 0 Å². The van der Waals surface area contributed by atoms with Gasteiger partial charge in [-0.2, -0.15) is 0 Å². The van der Waals surface area contributed by atoms with Crippen molar-refractivity contribution in [3.05, 3.63) is 94.2 Å². The monoisotopic (exact) mass is 419 g/mol. The zero-order chi connectivity index (χ0) is 19.8. The zero-order valence-electron chi connectivity index (χ0n) is 15.1. The number of halogens is 1. The molecule has 3 aromatic heterocycles. The molecular formula is C22H14FN3OS2. The zero-order valence-corrected chi connectivity index (χ0v) is 16.7. The summed E-state index contributed by atoms with van der Waals surface area (Å²) in [7, 11) is 0. The fourth-order valence-corrected chi connectivity index (χ4v) is 4.91. The van der Waals surface area contributed by atoms with E-state index in [1.54, 1.807) is 23.0 Å². The molecular weight excluding hydrogens is 405 g/mol. The first-order valence-corrected chi connectivity index (χ1v) is 10.6. The van der Waals surface area contributed by atoms with Gasteiger partial charge < -0.3 is 0 Å². The van der Waals surface area contributed by atoms with Crippen molar-refractivity contribution in [3.8, 4) is 21.0 Å². The summed E-state index contributed by atoms with van der Waals surface area (Å²) >= 11 is 2.98. The summed E-state index contributed by atoms with van der Waals surface area (Å²) in [6, 6.07) is 18.1. The third kappa shape index (κ3) is 3.50. The molecule has 0 aliphatic heterocycles. The molecule has 0 amide bonds. The molecule has 0 aliphatic carbocycles. The average molecular weight is 420 g/mol. The molecule has 4 nitrogen and oxygen atoms in total. The highest BCUT2D eigenvalue weighted by atomic mass is 32.1. The van der Waals surface area contributed by atoms with Gasteiger partial charge in [0.05, 0.1) is 24.0 Å². The smallest absolute Gasteiger partial charge is 0.262 e. The van der Waals surface area contributed by atoms with E-state index in [0.717, 1.165) is 31.5 Å². The first kappa shape index (κ1) is 17.9. The highest BCUT2D eigenvalue weighted by Crippen LogP contribution is 2.30. The van der Waals surface area contributed by atoms with Gasteiger partial charge in [-0.15, -0.1) is 22.7 Å². The molecule has 0 fully saturated rings. The summed E-state index contributed by atoms with van der Waals surface area (Å²) in [5, 5.41) is 3.33. The quantitative estimate of drug-likeness (QED) is 0.390. The molecule has 0 atom stereocenters. The van der Waals surface area contributed by atoms with Crippen LogP contribution in [0, 0.1) is 5.82 Å². The minimum Gasteiger partial charge on any atom is -0.293 e. The van der Waals surface area contributed by atoms with Crippen molar-refractivity contribution in [2.75, 3.05) is 0 Å². The number of thiazole rings is 1. The highest BCUT2D eigenvalue weighted by Gasteiger charge is 2.12. The Morgan fingerprint density at radius 2 is 1.79 bits per heavy atom. The van der Waals surface area contributed by atoms with Crippen LogP contribution >= 0.6 is 22.7 Å². The van der Waals surface area contributed by atoms with Gasteiger partial charge in [-0.05, 0) is 35.9 Å². The van der Waals surface area contributed by atoms with Crippen molar-refractivity contribution in [1.29, 1.82) is 0 Å². The molecule has 5 rings (SSSR count). The van der Waals surface area contributed by atoms with Gasteiger partial charge in [-0.25, -0.2) is 14.4 Å². The number of nitrogens with zero attached hydrogens (tertiary/aromatic N) is 3. The highest BCUT2D eigenvalue weighted by molar-refractivity contribution is 7.21. The minimum absolute atomic E-state index is 0.0789. The molecule has 0 N–H and O–H groups in total. The number of hydrogen-bond donors (Lipinski definition) is 0. The molecule has 3 heterocycles. The second-order valence-corrected chi connectivity index (χ2v) is 8.41. The summed E-state index contributed by atoms with van der Waals surface area (Å²) in [4.78, 5) is 23.8. The van der Waals surface area contributed by atoms with E-state index in [2.05, 4.69) is 9.97 Å². The Labute approximate surface area is 173 Å². The second-order valence-electron chi connectivity index (χ2n) is 6.52. The van der Waals surface area contributed by atoms with Gasteiger partial charge in [0.1, 0.15) is 15.7 Å². The topological polar surface area (TPSA) is 47.8 Å². The Morgan fingerprint density at radius 1 is 1.00 bits per heavy atom. The molecule has 7 heteroatoms. The van der Waals surface area contributed by atoms with Crippen molar-refractivity contribution in [2.24, 2.45) is 0 Å². The molecule has 0 bridgehead atoms. The maximum Gasteiger partial charge on any atom is 0.262 e. The Bertz CT molecular complexity index is 1350. The van der Waals surface area contributed by atoms with E-state index in [4.69, 9.17) is 0 Å². The standard InChI is InChI=1S/C22H14FN3OS2/c23-16-8-6-15(7-9-16)20-25-17(12-28-20)11-26-13-24-21-18(22(26)27)10-19(29-21)14-4-2-1-3-5-14/h1-10,12-13H,11H2. The van der Waals surface area contributed by atoms with E-state index in [1.165, 1.54) is 34.8 Å². The number of fused-ring (bicyclic) bond motifs is 1. The van der Waals surface area contributed by atoms with Crippen LogP contribution in [0.5, 0.6) is 0 Å². The number of thiophene rings is 1. The van der Waals surface area contributed by atoms with Gasteiger partial charge in [0.2, 0.25) is 0 Å². The number of rotatable bonds is 4. The van der Waals surface area contributed by atoms with Crippen LogP contribution in [0.4, 0.5) is 4.39 Å². The molecule has 5 aromatic rings. The van der Waals surface area contributed by atoms with E-state index >= 15 is 0 Å². The molecule has 0 unspecified atom stereocenters. The summed E-state index contributed by atoms with van der Waals surface area (Å²) in [6.07, 6.45) is 1.58. The first-order valence-electron chi connectivity index (χ1n) is 8.92. The lowest BCUT2D eigenvalue weighted by molar-refractivity contribution is 0.628. The maximum atomic E-state index is 13.1. The van der Waals surface area contributed by atoms with Gasteiger partial charge in [0, 0.05) is 15.8 Å². The van der Waals surface area contributed by atoms with Gasteiger partial charge in [0.15, 0.2) is 0 Å². The van der Waals surface area contributed by atoms with Crippen LogP contribution < -0.4 is 5.56 Å². The minimum atomic E-state index is -0.276. The van der Waals surface area contributed by atoms with Crippen molar-refractivity contribution in [2.45, 2.75) is 6.54 Å². The summed E-state index contributed by atoms with van der Waals surface area (Å²) < 4.78 is 14.7. The molecule has 0 spiro atoms. The van der Waals surface area contributed by atoms with E-state index < -0.39 is 0 Å². The van der Waals surface area contributed by atoms with E-state index in [1.807, 2.05) is 41.8 Å². The van der Waals surface area contributed by atoms with Crippen LogP contribution in [0.15, 0.2) is 77.2 Å². The molecule has 0 radical (unpaired) electrons. The van der Waals surface area contributed by atoms with Crippen LogP contribution in [-0.4, -0.2) is 14.5 Å². The largest absolute Gasteiger partial charge is 0.293 e. The molecule has 0 saturated carbocycles. The average Bonchev–Trinajstić information content (AvgIpc) is 3.39. The van der Waals surface area contributed by atoms with Crippen molar-refractivity contribution < 1.29 is 4.39 Å². The number of aromatic nitrogens is 3. The number of hydrogen-bond acceptors (Lipinski definition) is 5.